The summed E-state index contributed by atoms with van der Waals surface area (Å²) in [6, 6.07) is 6.87. The highest BCUT2D eigenvalue weighted by Crippen LogP contribution is 2.28. The number of aryl methyl sites for hydroxylation is 1. The van der Waals surface area contributed by atoms with Gasteiger partial charge in [0.05, 0.1) is 0 Å². The fourth-order valence-electron chi connectivity index (χ4n) is 3.81. The molecule has 1 saturated heterocycles. The van der Waals surface area contributed by atoms with Gasteiger partial charge in [0.25, 0.3) is 0 Å². The Balaban J connectivity index is 1.87. The second-order valence-electron chi connectivity index (χ2n) is 8.86. The molecule has 1 aromatic heterocycles. The van der Waals surface area contributed by atoms with Gasteiger partial charge in [-0.1, -0.05) is 45.9 Å². The van der Waals surface area contributed by atoms with Gasteiger partial charge in [-0.05, 0) is 24.5 Å². The molecule has 30 heavy (non-hydrogen) atoms. The molecule has 0 saturated carbocycles. The highest BCUT2D eigenvalue weighted by Gasteiger charge is 2.26. The molecule has 1 aliphatic rings. The van der Waals surface area contributed by atoms with Gasteiger partial charge in [0.15, 0.2) is 0 Å². The van der Waals surface area contributed by atoms with E-state index in [1.165, 1.54) is 6.07 Å². The highest BCUT2D eigenvalue weighted by atomic mass is 19.1. The van der Waals surface area contributed by atoms with Crippen LogP contribution in [0.1, 0.15) is 62.7 Å². The summed E-state index contributed by atoms with van der Waals surface area (Å²) < 4.78 is 14.3. The van der Waals surface area contributed by atoms with Crippen LogP contribution in [-0.2, 0) is 11.2 Å². The summed E-state index contributed by atoms with van der Waals surface area (Å²) in [7, 11) is 0. The fourth-order valence-corrected chi connectivity index (χ4v) is 3.81. The first-order chi connectivity index (χ1) is 14.3. The van der Waals surface area contributed by atoms with Crippen molar-refractivity contribution in [2.45, 2.75) is 53.4 Å². The first-order valence-electron chi connectivity index (χ1n) is 10.9. The summed E-state index contributed by atoms with van der Waals surface area (Å²) in [4.78, 5) is 26.2. The van der Waals surface area contributed by atoms with Crippen molar-refractivity contribution in [3.05, 3.63) is 52.7 Å². The molecular formula is C24H33FN4O. The van der Waals surface area contributed by atoms with Gasteiger partial charge < -0.3 is 9.80 Å². The molecule has 0 atom stereocenters. The van der Waals surface area contributed by atoms with E-state index in [1.54, 1.807) is 6.07 Å². The lowest BCUT2D eigenvalue weighted by atomic mass is 10.0. The average Bonchev–Trinajstić information content (AvgIpc) is 2.70. The summed E-state index contributed by atoms with van der Waals surface area (Å²) in [6.45, 7) is 13.1. The standard InChI is InChI=1S/C24H33FN4O/c1-16(2)14-22(30)28-10-12-29(13-11-28)24-20(15-19-8-6-7-9-21(19)25)18(5)26-23(27-24)17(3)4/h6-9,16-17H,10-15H2,1-5H3. The van der Waals surface area contributed by atoms with Crippen molar-refractivity contribution in [2.24, 2.45) is 5.92 Å². The summed E-state index contributed by atoms with van der Waals surface area (Å²) in [5.74, 6) is 2.27. The van der Waals surface area contributed by atoms with Crippen LogP contribution in [0.5, 0.6) is 0 Å². The number of carbonyl (C=O) groups excluding carboxylic acids is 1. The number of aromatic nitrogens is 2. The molecular weight excluding hydrogens is 379 g/mol. The molecule has 1 aromatic carbocycles. The molecule has 2 aromatic rings. The van der Waals surface area contributed by atoms with Crippen LogP contribution in [-0.4, -0.2) is 47.0 Å². The van der Waals surface area contributed by atoms with Crippen molar-refractivity contribution in [1.29, 1.82) is 0 Å². The van der Waals surface area contributed by atoms with Gasteiger partial charge in [-0.3, -0.25) is 4.79 Å². The summed E-state index contributed by atoms with van der Waals surface area (Å²) in [5.41, 5.74) is 2.50. The molecule has 2 heterocycles. The molecule has 0 aliphatic carbocycles. The van der Waals surface area contributed by atoms with Crippen molar-refractivity contribution in [1.82, 2.24) is 14.9 Å². The zero-order valence-electron chi connectivity index (χ0n) is 18.8. The van der Waals surface area contributed by atoms with Crippen LogP contribution in [0.2, 0.25) is 0 Å². The molecule has 0 spiro atoms. The van der Waals surface area contributed by atoms with E-state index in [-0.39, 0.29) is 17.6 Å². The molecule has 1 aliphatic heterocycles. The first kappa shape index (κ1) is 22.2. The van der Waals surface area contributed by atoms with Gasteiger partial charge in [-0.25, -0.2) is 14.4 Å². The van der Waals surface area contributed by atoms with Crippen molar-refractivity contribution in [2.75, 3.05) is 31.1 Å². The minimum atomic E-state index is -0.208. The lowest BCUT2D eigenvalue weighted by molar-refractivity contribution is -0.132. The van der Waals surface area contributed by atoms with E-state index >= 15 is 0 Å². The van der Waals surface area contributed by atoms with E-state index in [2.05, 4.69) is 32.6 Å². The lowest BCUT2D eigenvalue weighted by Gasteiger charge is -2.37. The molecule has 6 heteroatoms. The van der Waals surface area contributed by atoms with E-state index in [0.717, 1.165) is 36.0 Å². The third-order valence-corrected chi connectivity index (χ3v) is 5.57. The van der Waals surface area contributed by atoms with E-state index < -0.39 is 0 Å². The number of nitrogens with zero attached hydrogens (tertiary/aromatic N) is 4. The van der Waals surface area contributed by atoms with Crippen molar-refractivity contribution in [3.63, 3.8) is 0 Å². The highest BCUT2D eigenvalue weighted by molar-refractivity contribution is 5.76. The van der Waals surface area contributed by atoms with Gasteiger partial charge >= 0.3 is 0 Å². The summed E-state index contributed by atoms with van der Waals surface area (Å²) in [6.07, 6.45) is 1.04. The molecule has 162 valence electrons. The minimum absolute atomic E-state index is 0.207. The van der Waals surface area contributed by atoms with Crippen LogP contribution >= 0.6 is 0 Å². The van der Waals surface area contributed by atoms with Crippen molar-refractivity contribution >= 4 is 11.7 Å². The Hall–Kier alpha value is -2.50. The van der Waals surface area contributed by atoms with Crippen molar-refractivity contribution in [3.8, 4) is 0 Å². The molecule has 1 amide bonds. The predicted octanol–water partition coefficient (Wildman–Crippen LogP) is 4.33. The van der Waals surface area contributed by atoms with Crippen LogP contribution in [0.25, 0.3) is 0 Å². The van der Waals surface area contributed by atoms with Crippen molar-refractivity contribution < 1.29 is 9.18 Å². The lowest BCUT2D eigenvalue weighted by Crippen LogP contribution is -2.49. The number of anilines is 1. The zero-order valence-corrected chi connectivity index (χ0v) is 18.8. The third-order valence-electron chi connectivity index (χ3n) is 5.57. The summed E-state index contributed by atoms with van der Waals surface area (Å²) in [5, 5.41) is 0. The molecule has 3 rings (SSSR count). The maximum absolute atomic E-state index is 14.3. The normalized spacial score (nSPS) is 14.7. The van der Waals surface area contributed by atoms with E-state index in [0.29, 0.717) is 37.4 Å². The number of rotatable bonds is 6. The van der Waals surface area contributed by atoms with Crippen LogP contribution < -0.4 is 4.90 Å². The molecule has 0 unspecified atom stereocenters. The van der Waals surface area contributed by atoms with Crippen LogP contribution in [0.4, 0.5) is 10.2 Å². The Morgan fingerprint density at radius 3 is 2.33 bits per heavy atom. The molecule has 0 bridgehead atoms. The monoisotopic (exact) mass is 412 g/mol. The Morgan fingerprint density at radius 1 is 1.07 bits per heavy atom. The van der Waals surface area contributed by atoms with E-state index in [4.69, 9.17) is 9.97 Å². The number of benzene rings is 1. The third kappa shape index (κ3) is 5.15. The van der Waals surface area contributed by atoms with Crippen LogP contribution in [0.15, 0.2) is 24.3 Å². The van der Waals surface area contributed by atoms with Crippen LogP contribution in [0.3, 0.4) is 0 Å². The topological polar surface area (TPSA) is 49.3 Å². The smallest absolute Gasteiger partial charge is 0.222 e. The SMILES string of the molecule is Cc1nc(C(C)C)nc(N2CCN(C(=O)CC(C)C)CC2)c1Cc1ccccc1F. The average molecular weight is 413 g/mol. The van der Waals surface area contributed by atoms with Gasteiger partial charge in [-0.2, -0.15) is 0 Å². The van der Waals surface area contributed by atoms with Gasteiger partial charge in [0, 0.05) is 56.2 Å². The number of hydrogen-bond acceptors (Lipinski definition) is 4. The van der Waals surface area contributed by atoms with Gasteiger partial charge in [-0.15, -0.1) is 0 Å². The Kier molecular flexibility index (Phi) is 7.06. The first-order valence-corrected chi connectivity index (χ1v) is 10.9. The number of piperazine rings is 1. The van der Waals surface area contributed by atoms with Gasteiger partial charge in [0.2, 0.25) is 5.91 Å². The second-order valence-corrected chi connectivity index (χ2v) is 8.86. The molecule has 1 fully saturated rings. The van der Waals surface area contributed by atoms with Gasteiger partial charge in [0.1, 0.15) is 17.5 Å². The number of halogens is 1. The number of carbonyl (C=O) groups is 1. The molecule has 0 radical (unpaired) electrons. The Morgan fingerprint density at radius 2 is 1.73 bits per heavy atom. The maximum Gasteiger partial charge on any atom is 0.222 e. The number of amides is 1. The minimum Gasteiger partial charge on any atom is -0.353 e. The van der Waals surface area contributed by atoms with E-state index in [1.807, 2.05) is 24.0 Å². The predicted molar refractivity (Wildman–Crippen MR) is 118 cm³/mol. The maximum atomic E-state index is 14.3. The Bertz CT molecular complexity index is 889. The molecule has 5 nitrogen and oxygen atoms in total. The Labute approximate surface area is 179 Å². The fraction of sp³-hybridized carbons (Fsp3) is 0.542. The quantitative estimate of drug-likeness (QED) is 0.708. The second kappa shape index (κ2) is 9.54. The van der Waals surface area contributed by atoms with Crippen LogP contribution in [0, 0.1) is 18.7 Å². The summed E-state index contributed by atoms with van der Waals surface area (Å²) >= 11 is 0. The molecule has 0 N–H and O–H groups in total. The number of hydrogen-bond donors (Lipinski definition) is 0. The zero-order chi connectivity index (χ0) is 21.8. The largest absolute Gasteiger partial charge is 0.353 e. The van der Waals surface area contributed by atoms with E-state index in [9.17, 15) is 9.18 Å².